The summed E-state index contributed by atoms with van der Waals surface area (Å²) in [5, 5.41) is 7.94. The number of rotatable bonds is 1. The zero-order valence-electron chi connectivity index (χ0n) is 13.3. The maximum atomic E-state index is 13.2. The Morgan fingerprint density at radius 3 is 2.65 bits per heavy atom. The molecule has 10 heteroatoms. The van der Waals surface area contributed by atoms with Crippen LogP contribution in [0, 0.1) is 17.2 Å². The third-order valence-corrected chi connectivity index (χ3v) is 7.24. The van der Waals surface area contributed by atoms with Crippen LogP contribution in [0.25, 0.3) is 0 Å². The van der Waals surface area contributed by atoms with Gasteiger partial charge in [-0.15, -0.1) is 10.8 Å². The summed E-state index contributed by atoms with van der Waals surface area (Å²) in [6, 6.07) is 4.08. The lowest BCUT2D eigenvalue weighted by Crippen LogP contribution is -2.38. The quantitative estimate of drug-likeness (QED) is 0.723. The van der Waals surface area contributed by atoms with Gasteiger partial charge in [0.15, 0.2) is 0 Å². The molecule has 2 bridgehead atoms. The maximum Gasteiger partial charge on any atom is 0.417 e. The summed E-state index contributed by atoms with van der Waals surface area (Å²) in [6.07, 6.45) is -2.22. The predicted octanol–water partition coefficient (Wildman–Crippen LogP) is 3.30. The first-order valence-corrected chi connectivity index (χ1v) is 9.17. The van der Waals surface area contributed by atoms with E-state index < -0.39 is 56.9 Å². The molecule has 3 aliphatic heterocycles. The van der Waals surface area contributed by atoms with Gasteiger partial charge in [-0.1, -0.05) is 12.2 Å². The second-order valence-corrected chi connectivity index (χ2v) is 8.63. The van der Waals surface area contributed by atoms with Crippen molar-refractivity contribution < 1.29 is 31.8 Å². The summed E-state index contributed by atoms with van der Waals surface area (Å²) in [6.45, 7) is 1.63. The van der Waals surface area contributed by atoms with Crippen LogP contribution in [0.5, 0.6) is 0 Å². The molecule has 26 heavy (non-hydrogen) atoms. The zero-order chi connectivity index (χ0) is 19.1. The summed E-state index contributed by atoms with van der Waals surface area (Å²) in [4.78, 5) is 12.9. The molecule has 0 aromatic heterocycles. The Balaban J connectivity index is 1.83. The Kier molecular flexibility index (Phi) is 3.35. The monoisotopic (exact) mass is 386 g/mol. The number of fused-ring (bicyclic) bond motifs is 5. The SMILES string of the molecule is C[C@]12C=C[C@H](O1)[C@@H]1[C@H]2C(=O)N(c2ccc(C#N)c(C(F)(F)F)c2)S1(O)O. The van der Waals surface area contributed by atoms with Crippen molar-refractivity contribution in [2.24, 2.45) is 5.92 Å². The number of ether oxygens (including phenoxy) is 1. The fraction of sp³-hybridized carbons (Fsp3) is 0.375. The minimum absolute atomic E-state index is 0.307. The van der Waals surface area contributed by atoms with E-state index in [1.54, 1.807) is 19.1 Å². The van der Waals surface area contributed by atoms with Crippen LogP contribution in [-0.4, -0.2) is 32.0 Å². The van der Waals surface area contributed by atoms with Crippen LogP contribution >= 0.6 is 10.8 Å². The van der Waals surface area contributed by atoms with Crippen LogP contribution in [0.3, 0.4) is 0 Å². The first kappa shape index (κ1) is 17.4. The lowest BCUT2D eigenvalue weighted by Gasteiger charge is -2.41. The molecular formula is C16H13F3N2O4S. The van der Waals surface area contributed by atoms with Gasteiger partial charge in [0, 0.05) is 0 Å². The summed E-state index contributed by atoms with van der Waals surface area (Å²) in [5.74, 6) is -1.60. The van der Waals surface area contributed by atoms with E-state index in [1.165, 1.54) is 6.07 Å². The fourth-order valence-corrected chi connectivity index (χ4v) is 6.23. The van der Waals surface area contributed by atoms with Crippen molar-refractivity contribution in [2.75, 3.05) is 4.31 Å². The lowest BCUT2D eigenvalue weighted by atomic mass is 9.83. The van der Waals surface area contributed by atoms with E-state index in [0.717, 1.165) is 12.1 Å². The van der Waals surface area contributed by atoms with Gasteiger partial charge in [0.25, 0.3) is 5.91 Å². The van der Waals surface area contributed by atoms with E-state index >= 15 is 0 Å². The summed E-state index contributed by atoms with van der Waals surface area (Å²) >= 11 is 0. The molecule has 1 aromatic carbocycles. The highest BCUT2D eigenvalue weighted by Gasteiger charge is 2.68. The standard InChI is InChI=1S/C16H13F3N2O4S/c1-15-5-4-11(25-15)13-12(15)14(22)21(26(13,23)24)9-3-2-8(7-20)10(6-9)16(17,18)19/h2-6,11-13,23-24H,1H3/t11-,12-,13+,15+/m0/s1. The van der Waals surface area contributed by atoms with Crippen LogP contribution in [0.4, 0.5) is 18.9 Å². The Morgan fingerprint density at radius 1 is 1.38 bits per heavy atom. The Bertz CT molecular complexity index is 894. The minimum atomic E-state index is -4.82. The summed E-state index contributed by atoms with van der Waals surface area (Å²) in [5.41, 5.74) is -3.17. The molecule has 0 radical (unpaired) electrons. The van der Waals surface area contributed by atoms with Crippen LogP contribution in [0.15, 0.2) is 30.4 Å². The van der Waals surface area contributed by atoms with Gasteiger partial charge in [0.2, 0.25) is 0 Å². The van der Waals surface area contributed by atoms with Crippen LogP contribution in [-0.2, 0) is 15.7 Å². The molecule has 2 N–H and O–H groups in total. The van der Waals surface area contributed by atoms with Crippen LogP contribution in [0.2, 0.25) is 0 Å². The number of nitrogens with zero attached hydrogens (tertiary/aromatic N) is 2. The number of benzene rings is 1. The number of nitriles is 1. The van der Waals surface area contributed by atoms with Crippen molar-refractivity contribution in [2.45, 2.75) is 30.1 Å². The number of hydrogen-bond acceptors (Lipinski definition) is 5. The van der Waals surface area contributed by atoms with Crippen molar-refractivity contribution in [1.29, 1.82) is 5.26 Å². The second kappa shape index (κ2) is 5.01. The normalized spacial score (nSPS) is 35.5. The van der Waals surface area contributed by atoms with E-state index in [2.05, 4.69) is 0 Å². The second-order valence-electron chi connectivity index (χ2n) is 6.60. The van der Waals surface area contributed by atoms with E-state index in [-0.39, 0.29) is 5.69 Å². The number of carbonyl (C=O) groups is 1. The van der Waals surface area contributed by atoms with Crippen molar-refractivity contribution in [3.05, 3.63) is 41.5 Å². The van der Waals surface area contributed by atoms with Gasteiger partial charge in [-0.05, 0) is 25.1 Å². The van der Waals surface area contributed by atoms with E-state index in [0.29, 0.717) is 10.4 Å². The molecule has 0 saturated carbocycles. The van der Waals surface area contributed by atoms with Gasteiger partial charge in [0.1, 0.15) is 5.25 Å². The molecule has 4 atom stereocenters. The topological polar surface area (TPSA) is 93.8 Å². The van der Waals surface area contributed by atoms with Gasteiger partial charge in [-0.2, -0.15) is 18.4 Å². The molecule has 4 rings (SSSR count). The first-order valence-electron chi connectivity index (χ1n) is 7.60. The lowest BCUT2D eigenvalue weighted by molar-refractivity contribution is -0.137. The van der Waals surface area contributed by atoms with Gasteiger partial charge >= 0.3 is 6.18 Å². The highest BCUT2D eigenvalue weighted by molar-refractivity contribution is 8.27. The molecule has 0 aliphatic carbocycles. The number of amides is 1. The third kappa shape index (κ3) is 2.08. The average molecular weight is 386 g/mol. The molecule has 2 fully saturated rings. The Hall–Kier alpha value is -2.06. The molecule has 6 nitrogen and oxygen atoms in total. The molecule has 0 unspecified atom stereocenters. The number of carbonyl (C=O) groups excluding carboxylic acids is 1. The summed E-state index contributed by atoms with van der Waals surface area (Å²) in [7, 11) is -3.76. The van der Waals surface area contributed by atoms with Crippen molar-refractivity contribution in [3.8, 4) is 6.07 Å². The first-order chi connectivity index (χ1) is 12.0. The highest BCUT2D eigenvalue weighted by atomic mass is 32.3. The number of alkyl halides is 3. The van der Waals surface area contributed by atoms with Crippen molar-refractivity contribution in [3.63, 3.8) is 0 Å². The Labute approximate surface area is 147 Å². The Morgan fingerprint density at radius 2 is 2.08 bits per heavy atom. The smallest absolute Gasteiger partial charge is 0.361 e. The molecule has 3 aliphatic rings. The fourth-order valence-electron chi connectivity index (χ4n) is 3.93. The maximum absolute atomic E-state index is 13.2. The van der Waals surface area contributed by atoms with Gasteiger partial charge in [-0.3, -0.25) is 13.9 Å². The largest absolute Gasteiger partial charge is 0.417 e. The number of anilines is 1. The van der Waals surface area contributed by atoms with Gasteiger partial charge < -0.3 is 4.74 Å². The van der Waals surface area contributed by atoms with Gasteiger partial charge in [0.05, 0.1) is 40.5 Å². The predicted molar refractivity (Wildman–Crippen MR) is 86.2 cm³/mol. The molecule has 3 heterocycles. The minimum Gasteiger partial charge on any atom is -0.361 e. The average Bonchev–Trinajstić information content (AvgIpc) is 3.13. The molecule has 138 valence electrons. The molecule has 1 amide bonds. The van der Waals surface area contributed by atoms with Crippen molar-refractivity contribution >= 4 is 22.4 Å². The van der Waals surface area contributed by atoms with Crippen molar-refractivity contribution in [1.82, 2.24) is 0 Å². The highest BCUT2D eigenvalue weighted by Crippen LogP contribution is 2.67. The zero-order valence-corrected chi connectivity index (χ0v) is 14.1. The summed E-state index contributed by atoms with van der Waals surface area (Å²) < 4.78 is 67.3. The third-order valence-electron chi connectivity index (χ3n) is 5.04. The molecule has 0 spiro atoms. The van der Waals surface area contributed by atoms with E-state index in [1.807, 2.05) is 0 Å². The number of halogens is 3. The van der Waals surface area contributed by atoms with Crippen LogP contribution < -0.4 is 4.31 Å². The molecular weight excluding hydrogens is 373 g/mol. The van der Waals surface area contributed by atoms with Gasteiger partial charge in [-0.25, -0.2) is 4.31 Å². The molecule has 1 aromatic rings. The molecule has 2 saturated heterocycles. The number of hydrogen-bond donors (Lipinski definition) is 2. The van der Waals surface area contributed by atoms with E-state index in [9.17, 15) is 27.1 Å². The van der Waals surface area contributed by atoms with E-state index in [4.69, 9.17) is 10.00 Å². The van der Waals surface area contributed by atoms with Crippen LogP contribution in [0.1, 0.15) is 18.1 Å².